The molecule has 0 saturated heterocycles. The maximum absolute atomic E-state index is 12.4. The summed E-state index contributed by atoms with van der Waals surface area (Å²) >= 11 is 0. The molecule has 0 spiro atoms. The average molecular weight is 256 g/mol. The van der Waals surface area contributed by atoms with E-state index in [1.807, 2.05) is 31.2 Å². The van der Waals surface area contributed by atoms with Gasteiger partial charge >= 0.3 is 0 Å². The Labute approximate surface area is 113 Å². The lowest BCUT2D eigenvalue weighted by Gasteiger charge is -2.10. The van der Waals surface area contributed by atoms with Crippen LogP contribution in [0.15, 0.2) is 24.3 Å². The maximum Gasteiger partial charge on any atom is 0.179 e. The van der Waals surface area contributed by atoms with Crippen molar-refractivity contribution in [2.75, 3.05) is 6.54 Å². The van der Waals surface area contributed by atoms with Gasteiger partial charge in [0.05, 0.1) is 6.54 Å². The van der Waals surface area contributed by atoms with Crippen LogP contribution in [0.5, 0.6) is 0 Å². The summed E-state index contributed by atoms with van der Waals surface area (Å²) in [6, 6.07) is 8.54. The van der Waals surface area contributed by atoms with Gasteiger partial charge in [-0.1, -0.05) is 31.0 Å². The Balaban J connectivity index is 1.79. The Hall–Kier alpha value is -1.61. The molecule has 0 bridgehead atoms. The van der Waals surface area contributed by atoms with Crippen LogP contribution in [0, 0.1) is 6.92 Å². The van der Waals surface area contributed by atoms with E-state index in [0.717, 1.165) is 22.2 Å². The van der Waals surface area contributed by atoms with Gasteiger partial charge < -0.3 is 10.3 Å². The fourth-order valence-corrected chi connectivity index (χ4v) is 3.09. The largest absolute Gasteiger partial charge is 0.358 e. The van der Waals surface area contributed by atoms with Gasteiger partial charge in [0.1, 0.15) is 0 Å². The number of aryl methyl sites for hydroxylation is 1. The minimum Gasteiger partial charge on any atom is -0.358 e. The van der Waals surface area contributed by atoms with Crippen LogP contribution in [0.4, 0.5) is 0 Å². The molecule has 1 fully saturated rings. The molecule has 2 N–H and O–H groups in total. The van der Waals surface area contributed by atoms with E-state index in [1.165, 1.54) is 25.7 Å². The summed E-state index contributed by atoms with van der Waals surface area (Å²) < 4.78 is 0. The van der Waals surface area contributed by atoms with Gasteiger partial charge in [0.15, 0.2) is 5.78 Å². The van der Waals surface area contributed by atoms with Crippen LogP contribution in [0.1, 0.15) is 41.7 Å². The summed E-state index contributed by atoms with van der Waals surface area (Å²) in [7, 11) is 0. The number of fused-ring (bicyclic) bond motifs is 1. The predicted molar refractivity (Wildman–Crippen MR) is 77.6 cm³/mol. The summed E-state index contributed by atoms with van der Waals surface area (Å²) in [6.07, 6.45) is 5.00. The second kappa shape index (κ2) is 5.17. The molecule has 1 aliphatic carbocycles. The quantitative estimate of drug-likeness (QED) is 0.825. The zero-order chi connectivity index (χ0) is 13.2. The fourth-order valence-electron chi connectivity index (χ4n) is 3.09. The van der Waals surface area contributed by atoms with Gasteiger partial charge in [0, 0.05) is 28.2 Å². The van der Waals surface area contributed by atoms with Crippen molar-refractivity contribution in [3.8, 4) is 0 Å². The topological polar surface area (TPSA) is 44.9 Å². The predicted octanol–water partition coefficient (Wildman–Crippen LogP) is 3.19. The molecule has 0 radical (unpaired) electrons. The number of benzene rings is 1. The molecule has 0 atom stereocenters. The van der Waals surface area contributed by atoms with E-state index in [2.05, 4.69) is 10.3 Å². The molecule has 2 aromatic rings. The molecule has 0 amide bonds. The highest BCUT2D eigenvalue weighted by Gasteiger charge is 2.19. The number of aromatic amines is 1. The molecule has 3 heteroatoms. The Morgan fingerprint density at radius 2 is 2.05 bits per heavy atom. The molecule has 19 heavy (non-hydrogen) atoms. The number of aromatic nitrogens is 1. The highest BCUT2D eigenvalue weighted by molar-refractivity contribution is 6.10. The van der Waals surface area contributed by atoms with Crippen LogP contribution in [-0.2, 0) is 0 Å². The highest BCUT2D eigenvalue weighted by Crippen LogP contribution is 2.22. The lowest BCUT2D eigenvalue weighted by atomic mass is 10.1. The third-order valence-corrected chi connectivity index (χ3v) is 4.08. The third kappa shape index (κ3) is 2.43. The van der Waals surface area contributed by atoms with Crippen molar-refractivity contribution in [2.24, 2.45) is 0 Å². The molecule has 1 heterocycles. The molecule has 100 valence electrons. The summed E-state index contributed by atoms with van der Waals surface area (Å²) in [5.41, 5.74) is 2.87. The first-order valence-corrected chi connectivity index (χ1v) is 7.09. The third-order valence-electron chi connectivity index (χ3n) is 4.08. The number of Topliss-reactive ketones (excluding diaryl/α,β-unsaturated/α-hetero) is 1. The van der Waals surface area contributed by atoms with Gasteiger partial charge in [-0.2, -0.15) is 0 Å². The van der Waals surface area contributed by atoms with Crippen molar-refractivity contribution < 1.29 is 4.79 Å². The zero-order valence-corrected chi connectivity index (χ0v) is 11.3. The standard InChI is InChI=1S/C16H20N2O/c1-11-16(13-8-4-5-9-14(13)18-11)15(19)10-17-12-6-2-3-7-12/h4-5,8-9,12,17-18H,2-3,6-7,10H2,1H3. The first kappa shape index (κ1) is 12.4. The van der Waals surface area contributed by atoms with Crippen molar-refractivity contribution in [1.82, 2.24) is 10.3 Å². The summed E-state index contributed by atoms with van der Waals surface area (Å²) in [4.78, 5) is 15.7. The minimum atomic E-state index is 0.196. The van der Waals surface area contributed by atoms with Gasteiger partial charge in [-0.3, -0.25) is 4.79 Å². The number of hydrogen-bond donors (Lipinski definition) is 2. The molecule has 1 saturated carbocycles. The number of rotatable bonds is 4. The molecule has 0 unspecified atom stereocenters. The van der Waals surface area contributed by atoms with Gasteiger partial charge in [-0.15, -0.1) is 0 Å². The van der Waals surface area contributed by atoms with Crippen LogP contribution in [0.2, 0.25) is 0 Å². The minimum absolute atomic E-state index is 0.196. The van der Waals surface area contributed by atoms with Crippen LogP contribution in [-0.4, -0.2) is 23.4 Å². The molecule has 1 aromatic carbocycles. The van der Waals surface area contributed by atoms with E-state index in [4.69, 9.17) is 0 Å². The van der Waals surface area contributed by atoms with E-state index in [-0.39, 0.29) is 5.78 Å². The lowest BCUT2D eigenvalue weighted by molar-refractivity contribution is 0.0988. The van der Waals surface area contributed by atoms with E-state index in [9.17, 15) is 4.79 Å². The van der Waals surface area contributed by atoms with Crippen LogP contribution >= 0.6 is 0 Å². The first-order valence-electron chi connectivity index (χ1n) is 7.09. The summed E-state index contributed by atoms with van der Waals surface area (Å²) in [5, 5.41) is 4.44. The van der Waals surface area contributed by atoms with Gasteiger partial charge in [0.25, 0.3) is 0 Å². The van der Waals surface area contributed by atoms with Gasteiger partial charge in [-0.25, -0.2) is 0 Å². The number of hydrogen-bond acceptors (Lipinski definition) is 2. The Morgan fingerprint density at radius 3 is 2.84 bits per heavy atom. The number of ketones is 1. The van der Waals surface area contributed by atoms with Crippen molar-refractivity contribution in [2.45, 2.75) is 38.6 Å². The van der Waals surface area contributed by atoms with Crippen molar-refractivity contribution in [3.05, 3.63) is 35.5 Å². The van der Waals surface area contributed by atoms with Crippen molar-refractivity contribution in [1.29, 1.82) is 0 Å². The van der Waals surface area contributed by atoms with Gasteiger partial charge in [0.2, 0.25) is 0 Å². The molecule has 1 aromatic heterocycles. The number of carbonyl (C=O) groups excluding carboxylic acids is 1. The van der Waals surface area contributed by atoms with E-state index in [1.54, 1.807) is 0 Å². The Morgan fingerprint density at radius 1 is 1.32 bits per heavy atom. The molecule has 3 nitrogen and oxygen atoms in total. The number of para-hydroxylation sites is 1. The van der Waals surface area contributed by atoms with Gasteiger partial charge in [-0.05, 0) is 25.8 Å². The van der Waals surface area contributed by atoms with Crippen LogP contribution in [0.3, 0.4) is 0 Å². The Bertz CT molecular complexity index is 594. The normalized spacial score (nSPS) is 16.3. The first-order chi connectivity index (χ1) is 9.25. The van der Waals surface area contributed by atoms with Crippen LogP contribution in [0.25, 0.3) is 10.9 Å². The summed E-state index contributed by atoms with van der Waals surface area (Å²) in [5.74, 6) is 0.196. The monoisotopic (exact) mass is 256 g/mol. The highest BCUT2D eigenvalue weighted by atomic mass is 16.1. The molecular weight excluding hydrogens is 236 g/mol. The molecule has 1 aliphatic rings. The second-order valence-corrected chi connectivity index (χ2v) is 5.46. The van der Waals surface area contributed by atoms with Crippen molar-refractivity contribution >= 4 is 16.7 Å². The molecule has 3 rings (SSSR count). The van der Waals surface area contributed by atoms with Crippen LogP contribution < -0.4 is 5.32 Å². The van der Waals surface area contributed by atoms with E-state index in [0.29, 0.717) is 12.6 Å². The Kier molecular flexibility index (Phi) is 3.38. The lowest BCUT2D eigenvalue weighted by Crippen LogP contribution is -2.31. The maximum atomic E-state index is 12.4. The SMILES string of the molecule is Cc1[nH]c2ccccc2c1C(=O)CNC1CCCC1. The molecular formula is C16H20N2O. The zero-order valence-electron chi connectivity index (χ0n) is 11.3. The number of carbonyl (C=O) groups is 1. The van der Waals surface area contributed by atoms with E-state index < -0.39 is 0 Å². The fraction of sp³-hybridized carbons (Fsp3) is 0.438. The smallest absolute Gasteiger partial charge is 0.179 e. The summed E-state index contributed by atoms with van der Waals surface area (Å²) in [6.45, 7) is 2.43. The molecule has 0 aliphatic heterocycles. The van der Waals surface area contributed by atoms with E-state index >= 15 is 0 Å². The average Bonchev–Trinajstić information content (AvgIpc) is 3.02. The number of H-pyrrole nitrogens is 1. The second-order valence-electron chi connectivity index (χ2n) is 5.46. The van der Waals surface area contributed by atoms with Crippen molar-refractivity contribution in [3.63, 3.8) is 0 Å². The number of nitrogens with one attached hydrogen (secondary N) is 2.